The normalized spacial score (nSPS) is 22.8. The van der Waals surface area contributed by atoms with E-state index in [-0.39, 0.29) is 6.04 Å². The minimum Gasteiger partial charge on any atom is -0.257 e. The van der Waals surface area contributed by atoms with Crippen molar-refractivity contribution in [2.24, 2.45) is 11.0 Å². The minimum atomic E-state index is 0.262. The molecule has 2 heteroatoms. The van der Waals surface area contributed by atoms with Gasteiger partial charge in [-0.2, -0.15) is 5.10 Å². The van der Waals surface area contributed by atoms with Gasteiger partial charge in [-0.15, -0.1) is 0 Å². The molecule has 1 saturated carbocycles. The molecular weight excluding hydrogens is 340 g/mol. The lowest BCUT2D eigenvalue weighted by atomic mass is 9.77. The van der Waals surface area contributed by atoms with Crippen LogP contribution in [-0.2, 0) is 0 Å². The fraction of sp³-hybridized carbons (Fsp3) is 0.192. The maximum absolute atomic E-state index is 5.20. The fourth-order valence-electron chi connectivity index (χ4n) is 4.53. The zero-order valence-corrected chi connectivity index (χ0v) is 15.9. The molecule has 5 rings (SSSR count). The van der Waals surface area contributed by atoms with E-state index in [1.54, 1.807) is 0 Å². The van der Waals surface area contributed by atoms with Crippen molar-refractivity contribution in [3.05, 3.63) is 108 Å². The van der Waals surface area contributed by atoms with Gasteiger partial charge < -0.3 is 0 Å². The molecule has 2 unspecified atom stereocenters. The third-order valence-electron chi connectivity index (χ3n) is 5.80. The second kappa shape index (κ2) is 7.47. The summed E-state index contributed by atoms with van der Waals surface area (Å²) >= 11 is 0. The molecule has 138 valence electrons. The van der Waals surface area contributed by atoms with Gasteiger partial charge in [-0.05, 0) is 54.2 Å². The van der Waals surface area contributed by atoms with Gasteiger partial charge in [0.2, 0.25) is 0 Å². The van der Waals surface area contributed by atoms with Crippen LogP contribution in [0.4, 0.5) is 5.69 Å². The van der Waals surface area contributed by atoms with Crippen LogP contribution < -0.4 is 5.01 Å². The summed E-state index contributed by atoms with van der Waals surface area (Å²) in [6, 6.07) is 32.3. The Labute approximate surface area is 166 Å². The molecule has 0 bridgehead atoms. The maximum atomic E-state index is 5.20. The molecule has 3 aromatic rings. The van der Waals surface area contributed by atoms with Gasteiger partial charge in [0.15, 0.2) is 0 Å². The minimum absolute atomic E-state index is 0.262. The van der Waals surface area contributed by atoms with E-state index in [4.69, 9.17) is 5.10 Å². The quantitative estimate of drug-likeness (QED) is 0.519. The first-order valence-electron chi connectivity index (χ1n) is 10.1. The molecule has 28 heavy (non-hydrogen) atoms. The van der Waals surface area contributed by atoms with Crippen LogP contribution in [0.15, 0.2) is 102 Å². The zero-order chi connectivity index (χ0) is 18.8. The smallest absolute Gasteiger partial charge is 0.0859 e. The van der Waals surface area contributed by atoms with E-state index in [0.717, 1.165) is 12.1 Å². The highest BCUT2D eigenvalue weighted by atomic mass is 15.5. The highest BCUT2D eigenvalue weighted by molar-refractivity contribution is 6.08. The molecule has 0 N–H and O–H groups in total. The predicted molar refractivity (Wildman–Crippen MR) is 117 cm³/mol. The van der Waals surface area contributed by atoms with Crippen LogP contribution in [0.1, 0.15) is 36.4 Å². The monoisotopic (exact) mass is 364 g/mol. The lowest BCUT2D eigenvalue weighted by Gasteiger charge is -2.30. The van der Waals surface area contributed by atoms with Crippen molar-refractivity contribution in [3.8, 4) is 0 Å². The van der Waals surface area contributed by atoms with Crippen molar-refractivity contribution in [2.45, 2.75) is 25.3 Å². The number of rotatable bonds is 3. The average molecular weight is 364 g/mol. The Hall–Kier alpha value is -3.13. The van der Waals surface area contributed by atoms with Crippen LogP contribution in [0.3, 0.4) is 0 Å². The first-order valence-corrected chi connectivity index (χ1v) is 10.1. The van der Waals surface area contributed by atoms with E-state index in [1.165, 1.54) is 35.3 Å². The first-order chi connectivity index (χ1) is 13.9. The van der Waals surface area contributed by atoms with Crippen LogP contribution >= 0.6 is 0 Å². The standard InChI is InChI=1S/C26H24N2/c1-4-11-20(12-5-1)19-22-15-10-18-24-25(22)27-28(23-16-8-3-9-17-23)26(24)21-13-6-2-7-14-21/h1-9,11-14,16-17,19,24,26H,10,15,18H2/b22-19+. The molecule has 1 fully saturated rings. The van der Waals surface area contributed by atoms with Gasteiger partial charge in [-0.1, -0.05) is 78.9 Å². The number of fused-ring (bicyclic) bond motifs is 1. The SMILES string of the molecule is C(=C1/CCCC2C1=NN(c1ccccc1)C2c1ccccc1)/c1ccccc1. The molecule has 0 radical (unpaired) electrons. The summed E-state index contributed by atoms with van der Waals surface area (Å²) in [5, 5.41) is 7.45. The highest BCUT2D eigenvalue weighted by Gasteiger charge is 2.41. The van der Waals surface area contributed by atoms with Crippen LogP contribution in [0, 0.1) is 5.92 Å². The van der Waals surface area contributed by atoms with Gasteiger partial charge in [0.1, 0.15) is 0 Å². The molecule has 0 amide bonds. The van der Waals surface area contributed by atoms with E-state index >= 15 is 0 Å². The summed E-state index contributed by atoms with van der Waals surface area (Å²) in [4.78, 5) is 0. The van der Waals surface area contributed by atoms with Gasteiger partial charge in [0.25, 0.3) is 0 Å². The number of hydrazone groups is 1. The molecule has 1 aliphatic carbocycles. The number of allylic oxidation sites excluding steroid dienone is 1. The topological polar surface area (TPSA) is 15.6 Å². The third kappa shape index (κ3) is 3.16. The van der Waals surface area contributed by atoms with Crippen LogP contribution in [0.25, 0.3) is 6.08 Å². The molecular formula is C26H24N2. The molecule has 0 saturated heterocycles. The van der Waals surface area contributed by atoms with Crippen molar-refractivity contribution in [1.29, 1.82) is 0 Å². The van der Waals surface area contributed by atoms with E-state index in [2.05, 4.69) is 102 Å². The number of nitrogens with zero attached hydrogens (tertiary/aromatic N) is 2. The van der Waals surface area contributed by atoms with E-state index in [9.17, 15) is 0 Å². The number of para-hydroxylation sites is 1. The number of anilines is 1. The summed E-state index contributed by atoms with van der Waals surface area (Å²) in [6.45, 7) is 0. The molecule has 0 spiro atoms. The van der Waals surface area contributed by atoms with Gasteiger partial charge in [0.05, 0.1) is 17.4 Å². The van der Waals surface area contributed by atoms with E-state index in [1.807, 2.05) is 0 Å². The summed E-state index contributed by atoms with van der Waals surface area (Å²) in [7, 11) is 0. The van der Waals surface area contributed by atoms with Crippen molar-refractivity contribution in [3.63, 3.8) is 0 Å². The van der Waals surface area contributed by atoms with Crippen LogP contribution in [0.5, 0.6) is 0 Å². The third-order valence-corrected chi connectivity index (χ3v) is 5.80. The Morgan fingerprint density at radius 3 is 2.14 bits per heavy atom. The van der Waals surface area contributed by atoms with Gasteiger partial charge in [-0.3, -0.25) is 5.01 Å². The Balaban J connectivity index is 1.59. The highest BCUT2D eigenvalue weighted by Crippen LogP contribution is 2.46. The van der Waals surface area contributed by atoms with Gasteiger partial charge in [-0.25, -0.2) is 0 Å². The predicted octanol–water partition coefficient (Wildman–Crippen LogP) is 6.49. The second-order valence-corrected chi connectivity index (χ2v) is 7.60. The van der Waals surface area contributed by atoms with Gasteiger partial charge >= 0.3 is 0 Å². The Morgan fingerprint density at radius 1 is 0.786 bits per heavy atom. The average Bonchev–Trinajstić information content (AvgIpc) is 3.16. The van der Waals surface area contributed by atoms with E-state index in [0.29, 0.717) is 5.92 Å². The molecule has 1 aliphatic heterocycles. The Bertz CT molecular complexity index is 990. The van der Waals surface area contributed by atoms with Crippen molar-refractivity contribution in [2.75, 3.05) is 5.01 Å². The Kier molecular flexibility index (Phi) is 4.54. The van der Waals surface area contributed by atoms with Crippen molar-refractivity contribution >= 4 is 17.5 Å². The summed E-state index contributed by atoms with van der Waals surface area (Å²) in [6.07, 6.45) is 5.85. The lowest BCUT2D eigenvalue weighted by Crippen LogP contribution is -2.28. The zero-order valence-electron chi connectivity index (χ0n) is 15.9. The number of benzene rings is 3. The van der Waals surface area contributed by atoms with Gasteiger partial charge in [0, 0.05) is 5.92 Å². The van der Waals surface area contributed by atoms with Crippen molar-refractivity contribution in [1.82, 2.24) is 0 Å². The van der Waals surface area contributed by atoms with Crippen molar-refractivity contribution < 1.29 is 0 Å². The Morgan fingerprint density at radius 2 is 1.43 bits per heavy atom. The lowest BCUT2D eigenvalue weighted by molar-refractivity contribution is 0.488. The number of hydrogen-bond acceptors (Lipinski definition) is 2. The first kappa shape index (κ1) is 17.0. The van der Waals surface area contributed by atoms with E-state index < -0.39 is 0 Å². The number of hydrogen-bond donors (Lipinski definition) is 0. The maximum Gasteiger partial charge on any atom is 0.0859 e. The van der Waals surface area contributed by atoms with Crippen LogP contribution in [0.2, 0.25) is 0 Å². The fourth-order valence-corrected chi connectivity index (χ4v) is 4.53. The molecule has 0 aromatic heterocycles. The van der Waals surface area contributed by atoms with Crippen LogP contribution in [-0.4, -0.2) is 5.71 Å². The largest absolute Gasteiger partial charge is 0.257 e. The summed E-state index contributed by atoms with van der Waals surface area (Å²) < 4.78 is 0. The molecule has 3 aromatic carbocycles. The molecule has 2 nitrogen and oxygen atoms in total. The summed E-state index contributed by atoms with van der Waals surface area (Å²) in [5.74, 6) is 0.436. The molecule has 1 heterocycles. The summed E-state index contributed by atoms with van der Waals surface area (Å²) in [5.41, 5.74) is 6.43. The second-order valence-electron chi connectivity index (χ2n) is 7.60. The molecule has 2 atom stereocenters. The molecule has 2 aliphatic rings.